The maximum Gasteiger partial charge on any atom is 0.256 e. The Kier molecular flexibility index (Phi) is 4.92. The van der Waals surface area contributed by atoms with Crippen LogP contribution in [0.5, 0.6) is 0 Å². The van der Waals surface area contributed by atoms with Gasteiger partial charge in [0.1, 0.15) is 0 Å². The number of hydrogen-bond acceptors (Lipinski definition) is 6. The molecule has 0 aliphatic carbocycles. The third-order valence-corrected chi connectivity index (χ3v) is 4.54. The number of aromatic nitrogens is 4. The summed E-state index contributed by atoms with van der Waals surface area (Å²) in [7, 11) is 3.86. The molecule has 7 heteroatoms. The van der Waals surface area contributed by atoms with Crippen molar-refractivity contribution in [1.82, 2.24) is 25.3 Å². The zero-order valence-corrected chi connectivity index (χ0v) is 15.2. The van der Waals surface area contributed by atoms with Gasteiger partial charge >= 0.3 is 0 Å². The van der Waals surface area contributed by atoms with Crippen molar-refractivity contribution in [2.45, 2.75) is 39.2 Å². The summed E-state index contributed by atoms with van der Waals surface area (Å²) >= 11 is 0. The second kappa shape index (κ2) is 7.13. The van der Waals surface area contributed by atoms with Crippen LogP contribution in [0.25, 0.3) is 0 Å². The van der Waals surface area contributed by atoms with E-state index < -0.39 is 0 Å². The number of anilines is 1. The summed E-state index contributed by atoms with van der Waals surface area (Å²) in [4.78, 5) is 16.9. The number of nitrogens with zero attached hydrogens (tertiary/aromatic N) is 6. The van der Waals surface area contributed by atoms with Gasteiger partial charge in [0.05, 0.1) is 28.7 Å². The number of aryl methyl sites for hydroxylation is 2. The SMILES string of the molecule is CCc1nnc(C)cc1C(=O)N1CCCC1c1ccc(N(C)C)nn1. The van der Waals surface area contributed by atoms with E-state index in [1.807, 2.05) is 55.9 Å². The Labute approximate surface area is 148 Å². The molecule has 0 bridgehead atoms. The van der Waals surface area contributed by atoms with E-state index >= 15 is 0 Å². The van der Waals surface area contributed by atoms with Gasteiger partial charge in [0.2, 0.25) is 0 Å². The van der Waals surface area contributed by atoms with Gasteiger partial charge in [-0.2, -0.15) is 15.3 Å². The Balaban J connectivity index is 1.88. The predicted molar refractivity (Wildman–Crippen MR) is 95.5 cm³/mol. The molecule has 0 saturated carbocycles. The molecule has 25 heavy (non-hydrogen) atoms. The van der Waals surface area contributed by atoms with Gasteiger partial charge in [-0.3, -0.25) is 4.79 Å². The fourth-order valence-electron chi connectivity index (χ4n) is 3.18. The zero-order valence-electron chi connectivity index (χ0n) is 15.2. The van der Waals surface area contributed by atoms with Gasteiger partial charge in [-0.15, -0.1) is 5.10 Å². The van der Waals surface area contributed by atoms with Crippen LogP contribution in [0.4, 0.5) is 5.82 Å². The van der Waals surface area contributed by atoms with Crippen LogP contribution in [0, 0.1) is 6.92 Å². The highest BCUT2D eigenvalue weighted by molar-refractivity contribution is 5.95. The van der Waals surface area contributed by atoms with Crippen LogP contribution in [-0.2, 0) is 6.42 Å². The second-order valence-corrected chi connectivity index (χ2v) is 6.57. The minimum atomic E-state index is -0.0330. The maximum absolute atomic E-state index is 13.1. The third kappa shape index (κ3) is 3.45. The van der Waals surface area contributed by atoms with Crippen LogP contribution in [0.2, 0.25) is 0 Å². The van der Waals surface area contributed by atoms with Crippen molar-refractivity contribution in [2.24, 2.45) is 0 Å². The molecule has 132 valence electrons. The molecule has 0 radical (unpaired) electrons. The van der Waals surface area contributed by atoms with Gasteiger partial charge in [0, 0.05) is 20.6 Å². The van der Waals surface area contributed by atoms with E-state index in [1.54, 1.807) is 0 Å². The summed E-state index contributed by atoms with van der Waals surface area (Å²) < 4.78 is 0. The van der Waals surface area contributed by atoms with Gasteiger partial charge in [0.25, 0.3) is 5.91 Å². The molecule has 0 aromatic carbocycles. The highest BCUT2D eigenvalue weighted by atomic mass is 16.2. The van der Waals surface area contributed by atoms with Gasteiger partial charge in [-0.1, -0.05) is 6.92 Å². The largest absolute Gasteiger partial charge is 0.361 e. The van der Waals surface area contributed by atoms with Crippen molar-refractivity contribution in [2.75, 3.05) is 25.5 Å². The first kappa shape index (κ1) is 17.3. The molecule has 1 atom stereocenters. The van der Waals surface area contributed by atoms with Crippen LogP contribution in [-0.4, -0.2) is 51.8 Å². The van der Waals surface area contributed by atoms with Gasteiger partial charge in [-0.05, 0) is 44.4 Å². The third-order valence-electron chi connectivity index (χ3n) is 4.54. The second-order valence-electron chi connectivity index (χ2n) is 6.57. The highest BCUT2D eigenvalue weighted by Crippen LogP contribution is 2.32. The number of likely N-dealkylation sites (tertiary alicyclic amines) is 1. The quantitative estimate of drug-likeness (QED) is 0.849. The first-order valence-electron chi connectivity index (χ1n) is 8.66. The number of carbonyl (C=O) groups excluding carboxylic acids is 1. The first-order chi connectivity index (χ1) is 12.0. The Hall–Kier alpha value is -2.57. The molecule has 2 aromatic rings. The van der Waals surface area contributed by atoms with E-state index in [4.69, 9.17) is 0 Å². The summed E-state index contributed by atoms with van der Waals surface area (Å²) in [5, 5.41) is 16.9. The summed E-state index contributed by atoms with van der Waals surface area (Å²) in [5.74, 6) is 0.817. The van der Waals surface area contributed by atoms with Crippen LogP contribution in [0.15, 0.2) is 18.2 Å². The monoisotopic (exact) mass is 340 g/mol. The van der Waals surface area contributed by atoms with Crippen molar-refractivity contribution in [3.8, 4) is 0 Å². The molecular formula is C18H24N6O. The van der Waals surface area contributed by atoms with Crippen LogP contribution in [0.1, 0.15) is 53.2 Å². The van der Waals surface area contributed by atoms with Crippen LogP contribution < -0.4 is 4.90 Å². The number of hydrogen-bond donors (Lipinski definition) is 0. The summed E-state index contributed by atoms with van der Waals surface area (Å²) in [6.07, 6.45) is 2.55. The molecule has 0 N–H and O–H groups in total. The number of rotatable bonds is 4. The normalized spacial score (nSPS) is 17.0. The van der Waals surface area contributed by atoms with Gasteiger partial charge in [0.15, 0.2) is 5.82 Å². The van der Waals surface area contributed by atoms with E-state index in [-0.39, 0.29) is 11.9 Å². The van der Waals surface area contributed by atoms with Crippen molar-refractivity contribution in [3.63, 3.8) is 0 Å². The number of carbonyl (C=O) groups is 1. The van der Waals surface area contributed by atoms with Crippen molar-refractivity contribution < 1.29 is 4.79 Å². The van der Waals surface area contributed by atoms with Crippen molar-refractivity contribution in [3.05, 3.63) is 40.8 Å². The summed E-state index contributed by atoms with van der Waals surface area (Å²) in [5.41, 5.74) is 3.00. The molecule has 0 spiro atoms. The lowest BCUT2D eigenvalue weighted by Crippen LogP contribution is -2.32. The molecule has 1 aliphatic heterocycles. The number of amides is 1. The zero-order chi connectivity index (χ0) is 18.0. The maximum atomic E-state index is 13.1. The average molecular weight is 340 g/mol. The predicted octanol–water partition coefficient (Wildman–Crippen LogP) is 2.18. The van der Waals surface area contributed by atoms with Crippen molar-refractivity contribution >= 4 is 11.7 Å². The molecule has 3 rings (SSSR count). The van der Waals surface area contributed by atoms with Crippen molar-refractivity contribution in [1.29, 1.82) is 0 Å². The lowest BCUT2D eigenvalue weighted by Gasteiger charge is -2.25. The van der Waals surface area contributed by atoms with Crippen LogP contribution in [0.3, 0.4) is 0 Å². The smallest absolute Gasteiger partial charge is 0.256 e. The Morgan fingerprint density at radius 2 is 2.04 bits per heavy atom. The van der Waals surface area contributed by atoms with E-state index in [1.165, 1.54) is 0 Å². The standard InChI is InChI=1S/C18H24N6O/c1-5-14-13(11-12(2)19-20-14)18(25)24-10-6-7-16(24)15-8-9-17(22-21-15)23(3)4/h8-9,11,16H,5-7,10H2,1-4H3. The lowest BCUT2D eigenvalue weighted by atomic mass is 10.1. The van der Waals surface area contributed by atoms with E-state index in [0.717, 1.165) is 42.3 Å². The molecule has 1 aliphatic rings. The summed E-state index contributed by atoms with van der Waals surface area (Å²) in [6, 6.07) is 5.72. The topological polar surface area (TPSA) is 75.1 Å². The molecule has 1 saturated heterocycles. The molecule has 7 nitrogen and oxygen atoms in total. The van der Waals surface area contributed by atoms with Gasteiger partial charge < -0.3 is 9.80 Å². The molecule has 3 heterocycles. The highest BCUT2D eigenvalue weighted by Gasteiger charge is 2.33. The Morgan fingerprint density at radius 3 is 2.68 bits per heavy atom. The molecule has 1 amide bonds. The Bertz CT molecular complexity index is 759. The first-order valence-corrected chi connectivity index (χ1v) is 8.66. The Morgan fingerprint density at radius 1 is 1.24 bits per heavy atom. The van der Waals surface area contributed by atoms with Crippen LogP contribution >= 0.6 is 0 Å². The van der Waals surface area contributed by atoms with E-state index in [9.17, 15) is 4.79 Å². The fourth-order valence-corrected chi connectivity index (χ4v) is 3.18. The summed E-state index contributed by atoms with van der Waals surface area (Å²) in [6.45, 7) is 4.57. The molecule has 2 aromatic heterocycles. The molecule has 1 fully saturated rings. The van der Waals surface area contributed by atoms with E-state index in [0.29, 0.717) is 12.0 Å². The molecule has 1 unspecified atom stereocenters. The van der Waals surface area contributed by atoms with E-state index in [2.05, 4.69) is 20.4 Å². The minimum Gasteiger partial charge on any atom is -0.361 e. The van der Waals surface area contributed by atoms with Gasteiger partial charge in [-0.25, -0.2) is 0 Å². The lowest BCUT2D eigenvalue weighted by molar-refractivity contribution is 0.0730. The fraction of sp³-hybridized carbons (Fsp3) is 0.500. The minimum absolute atomic E-state index is 0.0100. The average Bonchev–Trinajstić information content (AvgIpc) is 3.10. The molecular weight excluding hydrogens is 316 g/mol.